The van der Waals surface area contributed by atoms with Crippen LogP contribution in [0.5, 0.6) is 0 Å². The van der Waals surface area contributed by atoms with E-state index < -0.39 is 0 Å². The van der Waals surface area contributed by atoms with Gasteiger partial charge in [-0.3, -0.25) is 9.36 Å². The van der Waals surface area contributed by atoms with Crippen molar-refractivity contribution in [3.8, 4) is 5.69 Å². The number of hydrogen-bond donors (Lipinski definition) is 2. The Labute approximate surface area is 136 Å². The lowest BCUT2D eigenvalue weighted by molar-refractivity contribution is -0.116. The monoisotopic (exact) mass is 315 g/mol. The van der Waals surface area contributed by atoms with Crippen LogP contribution in [0.4, 0.5) is 5.69 Å². The van der Waals surface area contributed by atoms with E-state index in [-0.39, 0.29) is 17.0 Å². The molecule has 2 aromatic rings. The van der Waals surface area contributed by atoms with Gasteiger partial charge in [-0.25, -0.2) is 4.79 Å². The zero-order chi connectivity index (χ0) is 17.0. The Morgan fingerprint density at radius 1 is 1.30 bits per heavy atom. The highest BCUT2D eigenvalue weighted by Crippen LogP contribution is 2.22. The fraction of sp³-hybridized carbons (Fsp3) is 0.444. The summed E-state index contributed by atoms with van der Waals surface area (Å²) in [5.41, 5.74) is 2.32. The molecule has 1 aromatic carbocycles. The van der Waals surface area contributed by atoms with Crippen LogP contribution in [0.1, 0.15) is 45.7 Å². The topological polar surface area (TPSA) is 66.9 Å². The highest BCUT2D eigenvalue weighted by atomic mass is 16.2. The maximum atomic E-state index is 12.0. The molecule has 0 saturated heterocycles. The van der Waals surface area contributed by atoms with Crippen molar-refractivity contribution in [1.29, 1.82) is 0 Å². The zero-order valence-electron chi connectivity index (χ0n) is 14.3. The van der Waals surface area contributed by atoms with Gasteiger partial charge in [-0.2, -0.15) is 0 Å². The van der Waals surface area contributed by atoms with E-state index in [0.29, 0.717) is 12.1 Å². The molecule has 0 aliphatic rings. The first kappa shape index (κ1) is 17.1. The Hall–Kier alpha value is -2.30. The number of amides is 1. The summed E-state index contributed by atoms with van der Waals surface area (Å²) in [5, 5.41) is 2.90. The summed E-state index contributed by atoms with van der Waals surface area (Å²) in [6, 6.07) is 7.32. The van der Waals surface area contributed by atoms with E-state index >= 15 is 0 Å². The molecule has 2 rings (SSSR count). The molecule has 1 heterocycles. The summed E-state index contributed by atoms with van der Waals surface area (Å²) in [4.78, 5) is 26.5. The molecule has 1 amide bonds. The molecule has 23 heavy (non-hydrogen) atoms. The van der Waals surface area contributed by atoms with Crippen LogP contribution in [-0.4, -0.2) is 15.5 Å². The highest BCUT2D eigenvalue weighted by molar-refractivity contribution is 5.90. The maximum absolute atomic E-state index is 12.0. The smallest absolute Gasteiger partial charge is 0.326 e. The normalized spacial score (nSPS) is 11.5. The molecular weight excluding hydrogens is 290 g/mol. The first-order valence-electron chi connectivity index (χ1n) is 7.93. The van der Waals surface area contributed by atoms with Crippen LogP contribution in [0.3, 0.4) is 0 Å². The number of anilines is 1. The summed E-state index contributed by atoms with van der Waals surface area (Å²) < 4.78 is 1.58. The van der Waals surface area contributed by atoms with Crippen LogP contribution >= 0.6 is 0 Å². The molecule has 5 nitrogen and oxygen atoms in total. The third kappa shape index (κ3) is 4.84. The molecule has 0 aliphatic heterocycles. The number of benzene rings is 1. The predicted molar refractivity (Wildman–Crippen MR) is 93.1 cm³/mol. The van der Waals surface area contributed by atoms with Crippen LogP contribution in [-0.2, 0) is 4.79 Å². The molecule has 0 atom stereocenters. The summed E-state index contributed by atoms with van der Waals surface area (Å²) in [5.74, 6) is 0.00420. The Kier molecular flexibility index (Phi) is 5.08. The maximum Gasteiger partial charge on any atom is 0.330 e. The second kappa shape index (κ2) is 6.86. The minimum atomic E-state index is -0.184. The van der Waals surface area contributed by atoms with E-state index in [1.165, 1.54) is 0 Å². The Balaban J connectivity index is 2.03. The second-order valence-electron chi connectivity index (χ2n) is 7.08. The lowest BCUT2D eigenvalue weighted by atomic mass is 9.90. The van der Waals surface area contributed by atoms with Gasteiger partial charge in [0, 0.05) is 24.0 Å². The van der Waals surface area contributed by atoms with E-state index in [2.05, 4.69) is 31.1 Å². The zero-order valence-corrected chi connectivity index (χ0v) is 14.3. The van der Waals surface area contributed by atoms with E-state index in [1.54, 1.807) is 10.8 Å². The SMILES string of the molecule is Cc1c[nH]c(=O)n1-c1cccc(NC(=O)CCCC(C)(C)C)c1. The minimum absolute atomic E-state index is 0.00420. The van der Waals surface area contributed by atoms with E-state index in [4.69, 9.17) is 0 Å². The lowest BCUT2D eigenvalue weighted by Gasteiger charge is -2.17. The number of nitrogens with one attached hydrogen (secondary N) is 2. The minimum Gasteiger partial charge on any atom is -0.326 e. The summed E-state index contributed by atoms with van der Waals surface area (Å²) in [7, 11) is 0. The molecule has 124 valence electrons. The lowest BCUT2D eigenvalue weighted by Crippen LogP contribution is -2.17. The van der Waals surface area contributed by atoms with Gasteiger partial charge in [0.2, 0.25) is 5.91 Å². The Bertz CT molecular complexity index is 735. The van der Waals surface area contributed by atoms with Gasteiger partial charge in [0.05, 0.1) is 5.69 Å². The molecule has 5 heteroatoms. The Morgan fingerprint density at radius 2 is 2.04 bits per heavy atom. The van der Waals surface area contributed by atoms with Gasteiger partial charge in [-0.05, 0) is 43.4 Å². The van der Waals surface area contributed by atoms with Crippen molar-refractivity contribution >= 4 is 11.6 Å². The molecular formula is C18H25N3O2. The van der Waals surface area contributed by atoms with Crippen LogP contribution in [0, 0.1) is 12.3 Å². The number of carbonyl (C=O) groups excluding carboxylic acids is 1. The summed E-state index contributed by atoms with van der Waals surface area (Å²) in [6.07, 6.45) is 4.05. The van der Waals surface area contributed by atoms with Gasteiger partial charge >= 0.3 is 5.69 Å². The first-order chi connectivity index (χ1) is 10.8. The molecule has 0 bridgehead atoms. The van der Waals surface area contributed by atoms with Crippen LogP contribution in [0.25, 0.3) is 5.69 Å². The van der Waals surface area contributed by atoms with Gasteiger partial charge in [0.1, 0.15) is 0 Å². The van der Waals surface area contributed by atoms with Crippen LogP contribution in [0.2, 0.25) is 0 Å². The van der Waals surface area contributed by atoms with Crippen molar-refractivity contribution in [2.45, 2.75) is 47.0 Å². The van der Waals surface area contributed by atoms with E-state index in [9.17, 15) is 9.59 Å². The average molecular weight is 315 g/mol. The third-order valence-corrected chi connectivity index (χ3v) is 3.68. The van der Waals surface area contributed by atoms with Crippen molar-refractivity contribution in [2.75, 3.05) is 5.32 Å². The fourth-order valence-corrected chi connectivity index (χ4v) is 2.50. The fourth-order valence-electron chi connectivity index (χ4n) is 2.50. The second-order valence-corrected chi connectivity index (χ2v) is 7.08. The number of H-pyrrole nitrogens is 1. The molecule has 0 unspecified atom stereocenters. The summed E-state index contributed by atoms with van der Waals surface area (Å²) in [6.45, 7) is 8.37. The molecule has 1 aromatic heterocycles. The summed E-state index contributed by atoms with van der Waals surface area (Å²) >= 11 is 0. The molecule has 0 saturated carbocycles. The Morgan fingerprint density at radius 3 is 2.65 bits per heavy atom. The number of imidazole rings is 1. The number of nitrogens with zero attached hydrogens (tertiary/aromatic N) is 1. The van der Waals surface area contributed by atoms with E-state index in [1.807, 2.05) is 31.2 Å². The van der Waals surface area contributed by atoms with Gasteiger partial charge < -0.3 is 10.3 Å². The van der Waals surface area contributed by atoms with Crippen molar-refractivity contribution in [3.63, 3.8) is 0 Å². The quantitative estimate of drug-likeness (QED) is 0.884. The number of aromatic nitrogens is 2. The number of aromatic amines is 1. The number of aryl methyl sites for hydroxylation is 1. The van der Waals surface area contributed by atoms with Crippen LogP contribution < -0.4 is 11.0 Å². The van der Waals surface area contributed by atoms with Crippen molar-refractivity contribution in [3.05, 3.63) is 46.6 Å². The largest absolute Gasteiger partial charge is 0.330 e. The molecule has 0 spiro atoms. The number of carbonyl (C=O) groups is 1. The van der Waals surface area contributed by atoms with E-state index in [0.717, 1.165) is 24.2 Å². The van der Waals surface area contributed by atoms with Gasteiger partial charge in [-0.15, -0.1) is 0 Å². The average Bonchev–Trinajstić information content (AvgIpc) is 2.77. The number of hydrogen-bond acceptors (Lipinski definition) is 2. The van der Waals surface area contributed by atoms with Gasteiger partial charge in [-0.1, -0.05) is 26.8 Å². The molecule has 0 fully saturated rings. The van der Waals surface area contributed by atoms with Crippen LogP contribution in [0.15, 0.2) is 35.3 Å². The van der Waals surface area contributed by atoms with Crippen molar-refractivity contribution in [1.82, 2.24) is 9.55 Å². The van der Waals surface area contributed by atoms with Crippen molar-refractivity contribution in [2.24, 2.45) is 5.41 Å². The molecule has 0 radical (unpaired) electrons. The number of rotatable bonds is 5. The third-order valence-electron chi connectivity index (χ3n) is 3.68. The standard InChI is InChI=1S/C18H25N3O2/c1-13-12-19-17(23)21(13)15-8-5-7-14(11-15)20-16(22)9-6-10-18(2,3)4/h5,7-8,11-12H,6,9-10H2,1-4H3,(H,19,23)(H,20,22). The first-order valence-corrected chi connectivity index (χ1v) is 7.93. The van der Waals surface area contributed by atoms with Gasteiger partial charge in [0.15, 0.2) is 0 Å². The van der Waals surface area contributed by atoms with Gasteiger partial charge in [0.25, 0.3) is 0 Å². The van der Waals surface area contributed by atoms with Crippen molar-refractivity contribution < 1.29 is 4.79 Å². The highest BCUT2D eigenvalue weighted by Gasteiger charge is 2.11. The molecule has 2 N–H and O–H groups in total. The predicted octanol–water partition coefficient (Wildman–Crippen LogP) is 3.63. The molecule has 0 aliphatic carbocycles.